The van der Waals surface area contributed by atoms with Crippen LogP contribution in [-0.4, -0.2) is 54.5 Å². The predicted molar refractivity (Wildman–Crippen MR) is 92.2 cm³/mol. The average molecular weight is 323 g/mol. The number of hydrogen-bond acceptors (Lipinski definition) is 2. The number of fused-ring (bicyclic) bond motifs is 1. The Morgan fingerprint density at radius 2 is 1.83 bits per heavy atom. The molecule has 0 unspecified atom stereocenters. The van der Waals surface area contributed by atoms with Gasteiger partial charge < -0.3 is 15.1 Å². The maximum Gasteiger partial charge on any atom is 0.317 e. The number of nitrogens with one attached hydrogen (secondary N) is 1. The van der Waals surface area contributed by atoms with E-state index < -0.39 is 0 Å². The minimum Gasteiger partial charge on any atom is -0.345 e. The van der Waals surface area contributed by atoms with Crippen LogP contribution in [0, 0.1) is 11.8 Å². The first-order chi connectivity index (χ1) is 11.0. The zero-order valence-electron chi connectivity index (χ0n) is 15.0. The van der Waals surface area contributed by atoms with Crippen LogP contribution in [-0.2, 0) is 4.79 Å². The SMILES string of the molecule is CC(C)CNC(=O)N1CCCCCCN(C)C(=O)[C@@H]2CCC[C@@H]21. The van der Waals surface area contributed by atoms with E-state index in [4.69, 9.17) is 0 Å². The Kier molecular flexibility index (Phi) is 6.72. The van der Waals surface area contributed by atoms with Gasteiger partial charge in [-0.3, -0.25) is 4.79 Å². The van der Waals surface area contributed by atoms with Crippen LogP contribution < -0.4 is 5.32 Å². The molecule has 1 N–H and O–H groups in total. The molecule has 1 aliphatic carbocycles. The summed E-state index contributed by atoms with van der Waals surface area (Å²) in [5.74, 6) is 0.661. The quantitative estimate of drug-likeness (QED) is 0.849. The van der Waals surface area contributed by atoms with E-state index in [-0.39, 0.29) is 23.9 Å². The van der Waals surface area contributed by atoms with Gasteiger partial charge in [0, 0.05) is 32.7 Å². The first kappa shape index (κ1) is 18.1. The van der Waals surface area contributed by atoms with Crippen LogP contribution in [0.1, 0.15) is 58.8 Å². The number of urea groups is 1. The van der Waals surface area contributed by atoms with Gasteiger partial charge in [-0.25, -0.2) is 4.79 Å². The van der Waals surface area contributed by atoms with Gasteiger partial charge in [0.1, 0.15) is 0 Å². The molecule has 1 aliphatic heterocycles. The molecule has 2 aliphatic rings. The Morgan fingerprint density at radius 3 is 2.52 bits per heavy atom. The molecule has 3 amide bonds. The van der Waals surface area contributed by atoms with Crippen LogP contribution in [0.2, 0.25) is 0 Å². The number of hydrogen-bond donors (Lipinski definition) is 1. The molecule has 0 aromatic heterocycles. The van der Waals surface area contributed by atoms with Crippen molar-refractivity contribution < 1.29 is 9.59 Å². The van der Waals surface area contributed by atoms with E-state index >= 15 is 0 Å². The molecule has 23 heavy (non-hydrogen) atoms. The van der Waals surface area contributed by atoms with Crippen LogP contribution >= 0.6 is 0 Å². The minimum absolute atomic E-state index is 0.0112. The highest BCUT2D eigenvalue weighted by Crippen LogP contribution is 2.32. The summed E-state index contributed by atoms with van der Waals surface area (Å²) in [6.07, 6.45) is 7.29. The molecule has 132 valence electrons. The van der Waals surface area contributed by atoms with E-state index in [0.717, 1.165) is 58.0 Å². The highest BCUT2D eigenvalue weighted by molar-refractivity contribution is 5.81. The fourth-order valence-electron chi connectivity index (χ4n) is 3.79. The number of amides is 3. The summed E-state index contributed by atoms with van der Waals surface area (Å²) in [4.78, 5) is 29.3. The monoisotopic (exact) mass is 323 g/mol. The van der Waals surface area contributed by atoms with Gasteiger partial charge in [0.05, 0.1) is 5.92 Å². The van der Waals surface area contributed by atoms with Crippen molar-refractivity contribution in [2.45, 2.75) is 64.8 Å². The van der Waals surface area contributed by atoms with Crippen LogP contribution in [0.4, 0.5) is 4.79 Å². The van der Waals surface area contributed by atoms with Gasteiger partial charge >= 0.3 is 6.03 Å². The van der Waals surface area contributed by atoms with Gasteiger partial charge in [-0.15, -0.1) is 0 Å². The predicted octanol–water partition coefficient (Wildman–Crippen LogP) is 2.86. The van der Waals surface area contributed by atoms with E-state index in [1.54, 1.807) is 0 Å². The minimum atomic E-state index is -0.0112. The normalized spacial score (nSPS) is 26.9. The Balaban J connectivity index is 2.12. The van der Waals surface area contributed by atoms with Crippen molar-refractivity contribution in [2.75, 3.05) is 26.7 Å². The van der Waals surface area contributed by atoms with Crippen LogP contribution in [0.3, 0.4) is 0 Å². The van der Waals surface area contributed by atoms with Gasteiger partial charge in [0.15, 0.2) is 0 Å². The lowest BCUT2D eigenvalue weighted by atomic mass is 10.00. The second kappa shape index (κ2) is 8.55. The molecule has 1 saturated carbocycles. The Hall–Kier alpha value is -1.26. The molecule has 5 nitrogen and oxygen atoms in total. The van der Waals surface area contributed by atoms with E-state index in [1.165, 1.54) is 0 Å². The zero-order chi connectivity index (χ0) is 16.8. The van der Waals surface area contributed by atoms with Crippen molar-refractivity contribution in [2.24, 2.45) is 11.8 Å². The lowest BCUT2D eigenvalue weighted by molar-refractivity contribution is -0.135. The van der Waals surface area contributed by atoms with Gasteiger partial charge in [0.2, 0.25) is 5.91 Å². The van der Waals surface area contributed by atoms with Gasteiger partial charge in [-0.1, -0.05) is 33.1 Å². The van der Waals surface area contributed by atoms with E-state index in [0.29, 0.717) is 12.5 Å². The molecule has 0 spiro atoms. The van der Waals surface area contributed by atoms with Crippen molar-refractivity contribution in [3.05, 3.63) is 0 Å². The first-order valence-electron chi connectivity index (χ1n) is 9.30. The smallest absolute Gasteiger partial charge is 0.317 e. The molecule has 5 heteroatoms. The topological polar surface area (TPSA) is 52.7 Å². The Labute approximate surface area is 140 Å². The average Bonchev–Trinajstić information content (AvgIpc) is 2.98. The standard InChI is InChI=1S/C18H33N3O2/c1-14(2)13-19-18(23)21-12-7-5-4-6-11-20(3)17(22)15-9-8-10-16(15)21/h14-16H,4-13H2,1-3H3,(H,19,23)/t15-,16+/m1/s1. The van der Waals surface area contributed by atoms with Crippen molar-refractivity contribution >= 4 is 11.9 Å². The van der Waals surface area contributed by atoms with Gasteiger partial charge in [-0.05, 0) is 31.6 Å². The van der Waals surface area contributed by atoms with Gasteiger partial charge in [0.25, 0.3) is 0 Å². The molecule has 0 aromatic carbocycles. The molecular formula is C18H33N3O2. The maximum atomic E-state index is 12.8. The summed E-state index contributed by atoms with van der Waals surface area (Å²) in [6.45, 7) is 6.53. The van der Waals surface area contributed by atoms with Crippen LogP contribution in [0.5, 0.6) is 0 Å². The molecule has 2 atom stereocenters. The number of rotatable bonds is 2. The number of carbonyl (C=O) groups excluding carboxylic acids is 2. The second-order valence-corrected chi connectivity index (χ2v) is 7.55. The summed E-state index contributed by atoms with van der Waals surface area (Å²) in [5, 5.41) is 3.05. The maximum absolute atomic E-state index is 12.8. The lowest BCUT2D eigenvalue weighted by Gasteiger charge is -2.34. The summed E-state index contributed by atoms with van der Waals surface area (Å²) < 4.78 is 0. The van der Waals surface area contributed by atoms with Crippen molar-refractivity contribution in [3.63, 3.8) is 0 Å². The molecule has 0 bridgehead atoms. The third-order valence-electron chi connectivity index (χ3n) is 5.14. The number of nitrogens with zero attached hydrogens (tertiary/aromatic N) is 2. The Morgan fingerprint density at radius 1 is 1.13 bits per heavy atom. The van der Waals surface area contributed by atoms with Crippen LogP contribution in [0.15, 0.2) is 0 Å². The third-order valence-corrected chi connectivity index (χ3v) is 5.14. The molecule has 1 heterocycles. The highest BCUT2D eigenvalue weighted by atomic mass is 16.2. The second-order valence-electron chi connectivity index (χ2n) is 7.55. The fourth-order valence-corrected chi connectivity index (χ4v) is 3.79. The molecule has 2 fully saturated rings. The Bertz CT molecular complexity index is 411. The summed E-state index contributed by atoms with van der Waals surface area (Å²) in [7, 11) is 1.92. The zero-order valence-corrected chi connectivity index (χ0v) is 15.0. The molecular weight excluding hydrogens is 290 g/mol. The van der Waals surface area contributed by atoms with Crippen molar-refractivity contribution in [1.29, 1.82) is 0 Å². The molecule has 1 saturated heterocycles. The van der Waals surface area contributed by atoms with E-state index in [9.17, 15) is 9.59 Å². The fraction of sp³-hybridized carbons (Fsp3) is 0.889. The van der Waals surface area contributed by atoms with E-state index in [2.05, 4.69) is 19.2 Å². The first-order valence-corrected chi connectivity index (χ1v) is 9.30. The summed E-state index contributed by atoms with van der Waals surface area (Å²) in [6, 6.07) is 0.0977. The molecule has 2 rings (SSSR count). The highest BCUT2D eigenvalue weighted by Gasteiger charge is 2.39. The number of carbonyl (C=O) groups is 2. The lowest BCUT2D eigenvalue weighted by Crippen LogP contribution is -2.51. The van der Waals surface area contributed by atoms with Crippen LogP contribution in [0.25, 0.3) is 0 Å². The van der Waals surface area contributed by atoms with E-state index in [1.807, 2.05) is 16.8 Å². The van der Waals surface area contributed by atoms with Crippen molar-refractivity contribution in [1.82, 2.24) is 15.1 Å². The van der Waals surface area contributed by atoms with Gasteiger partial charge in [-0.2, -0.15) is 0 Å². The van der Waals surface area contributed by atoms with Crippen molar-refractivity contribution in [3.8, 4) is 0 Å². The summed E-state index contributed by atoms with van der Waals surface area (Å²) in [5.41, 5.74) is 0. The summed E-state index contributed by atoms with van der Waals surface area (Å²) >= 11 is 0. The molecule has 0 aromatic rings. The molecule has 0 radical (unpaired) electrons. The third kappa shape index (κ3) is 4.85. The largest absolute Gasteiger partial charge is 0.345 e.